The van der Waals surface area contributed by atoms with Gasteiger partial charge in [0.15, 0.2) is 0 Å². The van der Waals surface area contributed by atoms with E-state index in [4.69, 9.17) is 24.5 Å². The summed E-state index contributed by atoms with van der Waals surface area (Å²) in [7, 11) is 0. The molecule has 1 fully saturated rings. The predicted molar refractivity (Wildman–Crippen MR) is 152 cm³/mol. The van der Waals surface area contributed by atoms with Gasteiger partial charge in [0, 0.05) is 13.2 Å². The first-order valence-corrected chi connectivity index (χ1v) is 13.9. The fourth-order valence-corrected chi connectivity index (χ4v) is 5.35. The second-order valence-electron chi connectivity index (χ2n) is 10.5. The highest BCUT2D eigenvalue weighted by Crippen LogP contribution is 2.29. The molecule has 0 unspecified atom stereocenters. The van der Waals surface area contributed by atoms with Crippen molar-refractivity contribution in [1.82, 2.24) is 4.90 Å². The van der Waals surface area contributed by atoms with Crippen LogP contribution in [0.4, 0.5) is 8.78 Å². The molecular weight excluding hydrogens is 528 g/mol. The minimum Gasteiger partial charge on any atom is -0.473 e. The molecule has 1 aliphatic carbocycles. The highest BCUT2D eigenvalue weighted by Gasteiger charge is 2.22. The van der Waals surface area contributed by atoms with Gasteiger partial charge in [0.1, 0.15) is 17.7 Å². The number of carboxylic acid groups (broad SMARTS) is 2. The highest BCUT2D eigenvalue weighted by molar-refractivity contribution is 6.27. The van der Waals surface area contributed by atoms with E-state index in [1.54, 1.807) is 29.8 Å². The molecule has 2 aliphatic rings. The lowest BCUT2D eigenvalue weighted by Crippen LogP contribution is -2.35. The fraction of sp³-hybridized carbons (Fsp3) is 0.333. The number of carboxylic acids is 2. The van der Waals surface area contributed by atoms with Crippen molar-refractivity contribution in [3.8, 4) is 0 Å². The zero-order valence-corrected chi connectivity index (χ0v) is 22.8. The van der Waals surface area contributed by atoms with Crippen molar-refractivity contribution < 1.29 is 33.3 Å². The number of rotatable bonds is 8. The maximum absolute atomic E-state index is 13.4. The Morgan fingerprint density at radius 3 is 1.95 bits per heavy atom. The van der Waals surface area contributed by atoms with E-state index >= 15 is 0 Å². The van der Waals surface area contributed by atoms with E-state index in [1.807, 2.05) is 0 Å². The van der Waals surface area contributed by atoms with Crippen LogP contribution in [-0.4, -0.2) is 53.3 Å². The number of carbonyl (C=O) groups is 2. The summed E-state index contributed by atoms with van der Waals surface area (Å²) < 4.78 is 33.2. The molecule has 8 heteroatoms. The van der Waals surface area contributed by atoms with Crippen molar-refractivity contribution in [1.29, 1.82) is 0 Å². The average Bonchev–Trinajstić information content (AvgIpc) is 2.98. The van der Waals surface area contributed by atoms with Crippen LogP contribution in [0, 0.1) is 17.6 Å². The second kappa shape index (κ2) is 14.7. The molecule has 3 aromatic rings. The summed E-state index contributed by atoms with van der Waals surface area (Å²) in [5, 5.41) is 14.8. The molecule has 1 saturated heterocycles. The number of nitrogens with zero attached hydrogens (tertiary/aromatic N) is 1. The van der Waals surface area contributed by atoms with Crippen LogP contribution in [-0.2, 0) is 20.7 Å². The van der Waals surface area contributed by atoms with Crippen molar-refractivity contribution in [3.05, 3.63) is 112 Å². The summed E-state index contributed by atoms with van der Waals surface area (Å²) in [4.78, 5) is 20.8. The number of halogens is 2. The first-order valence-electron chi connectivity index (χ1n) is 13.9. The normalized spacial score (nSPS) is 15.4. The summed E-state index contributed by atoms with van der Waals surface area (Å²) in [5.74, 6) is -3.54. The standard InChI is InChI=1S/C31H33F2NO.C2H2O4/c32-29-11-7-26(8-12-29)31(27-9-13-30(33)14-10-27)35-20-17-23-15-18-34(19-16-23)22-24-5-6-25-3-1-2-4-28(25)21-24;3-1(4)2(5)6/h1-4,7-14,21,23,31H,5-6,15-20,22H2;(H,3,4)(H,5,6). The van der Waals surface area contributed by atoms with Crippen LogP contribution in [0.2, 0.25) is 0 Å². The monoisotopic (exact) mass is 563 g/mol. The van der Waals surface area contributed by atoms with Gasteiger partial charge in [0.05, 0.1) is 0 Å². The van der Waals surface area contributed by atoms with Crippen molar-refractivity contribution >= 4 is 18.0 Å². The Morgan fingerprint density at radius 1 is 0.829 bits per heavy atom. The summed E-state index contributed by atoms with van der Waals surface area (Å²) >= 11 is 0. The van der Waals surface area contributed by atoms with Gasteiger partial charge in [-0.05, 0) is 97.6 Å². The van der Waals surface area contributed by atoms with Crippen LogP contribution in [0.15, 0.2) is 78.4 Å². The summed E-state index contributed by atoms with van der Waals surface area (Å²) in [5.41, 5.74) is 6.17. The molecule has 1 aliphatic heterocycles. The third-order valence-corrected chi connectivity index (χ3v) is 7.60. The van der Waals surface area contributed by atoms with Crippen LogP contribution in [0.3, 0.4) is 0 Å². The number of aliphatic carboxylic acids is 2. The molecule has 0 saturated carbocycles. The van der Waals surface area contributed by atoms with E-state index in [9.17, 15) is 8.78 Å². The van der Waals surface area contributed by atoms with Gasteiger partial charge in [0.2, 0.25) is 0 Å². The zero-order chi connectivity index (χ0) is 29.2. The Hall–Kier alpha value is -3.88. The molecule has 2 N–H and O–H groups in total. The van der Waals surface area contributed by atoms with Crippen LogP contribution in [0.1, 0.15) is 54.0 Å². The molecule has 0 radical (unpaired) electrons. The van der Waals surface area contributed by atoms with Gasteiger partial charge in [-0.3, -0.25) is 4.90 Å². The SMILES string of the molecule is Fc1ccc(C(OCCC2CCN(CC3=Cc4ccccc4CC3)CC2)c2ccc(F)cc2)cc1.O=C(O)C(=O)O. The Kier molecular flexibility index (Phi) is 10.8. The van der Waals surface area contributed by atoms with Gasteiger partial charge < -0.3 is 14.9 Å². The van der Waals surface area contributed by atoms with E-state index in [1.165, 1.54) is 54.7 Å². The molecule has 0 spiro atoms. The van der Waals surface area contributed by atoms with E-state index in [2.05, 4.69) is 35.2 Å². The largest absolute Gasteiger partial charge is 0.473 e. The molecule has 5 rings (SSSR count). The smallest absolute Gasteiger partial charge is 0.414 e. The fourth-order valence-electron chi connectivity index (χ4n) is 5.35. The number of likely N-dealkylation sites (tertiary alicyclic amines) is 1. The molecule has 0 atom stereocenters. The van der Waals surface area contributed by atoms with Crippen LogP contribution in [0.25, 0.3) is 6.08 Å². The first-order chi connectivity index (χ1) is 19.8. The minimum absolute atomic E-state index is 0.272. The number of piperidine rings is 1. The molecule has 41 heavy (non-hydrogen) atoms. The number of hydrogen-bond donors (Lipinski definition) is 2. The third-order valence-electron chi connectivity index (χ3n) is 7.60. The van der Waals surface area contributed by atoms with E-state index < -0.39 is 11.9 Å². The van der Waals surface area contributed by atoms with Gasteiger partial charge in [-0.15, -0.1) is 0 Å². The number of ether oxygens (including phenoxy) is 1. The van der Waals surface area contributed by atoms with Crippen LogP contribution < -0.4 is 0 Å². The molecule has 0 amide bonds. The van der Waals surface area contributed by atoms with Crippen molar-refractivity contribution in [3.63, 3.8) is 0 Å². The quantitative estimate of drug-likeness (QED) is 0.310. The number of hydrogen-bond acceptors (Lipinski definition) is 4. The van der Waals surface area contributed by atoms with Gasteiger partial charge in [-0.1, -0.05) is 60.2 Å². The zero-order valence-electron chi connectivity index (χ0n) is 22.8. The van der Waals surface area contributed by atoms with E-state index in [0.717, 1.165) is 43.6 Å². The van der Waals surface area contributed by atoms with E-state index in [0.29, 0.717) is 12.5 Å². The molecule has 3 aromatic carbocycles. The first kappa shape index (κ1) is 30.1. The lowest BCUT2D eigenvalue weighted by Gasteiger charge is -2.33. The van der Waals surface area contributed by atoms with E-state index in [-0.39, 0.29) is 17.7 Å². The van der Waals surface area contributed by atoms with Crippen molar-refractivity contribution in [2.24, 2.45) is 5.92 Å². The molecule has 0 aromatic heterocycles. The average molecular weight is 564 g/mol. The molecule has 216 valence electrons. The highest BCUT2D eigenvalue weighted by atomic mass is 19.1. The molecule has 0 bridgehead atoms. The molecular formula is C33H35F2NO5. The van der Waals surface area contributed by atoms with Crippen LogP contribution >= 0.6 is 0 Å². The lowest BCUT2D eigenvalue weighted by molar-refractivity contribution is -0.159. The molecule has 6 nitrogen and oxygen atoms in total. The van der Waals surface area contributed by atoms with Crippen molar-refractivity contribution in [2.45, 2.75) is 38.2 Å². The van der Waals surface area contributed by atoms with Gasteiger partial charge in [-0.2, -0.15) is 0 Å². The number of fused-ring (bicyclic) bond motifs is 1. The Balaban J connectivity index is 0.000000585. The Morgan fingerprint density at radius 2 is 1.39 bits per heavy atom. The maximum Gasteiger partial charge on any atom is 0.414 e. The predicted octanol–water partition coefficient (Wildman–Crippen LogP) is 6.36. The van der Waals surface area contributed by atoms with Gasteiger partial charge >= 0.3 is 11.9 Å². The van der Waals surface area contributed by atoms with Gasteiger partial charge in [0.25, 0.3) is 0 Å². The lowest BCUT2D eigenvalue weighted by atomic mass is 9.90. The maximum atomic E-state index is 13.4. The Labute approximate surface area is 238 Å². The topological polar surface area (TPSA) is 87.1 Å². The Bertz CT molecular complexity index is 1270. The summed E-state index contributed by atoms with van der Waals surface area (Å²) in [6.45, 7) is 3.97. The van der Waals surface area contributed by atoms with Gasteiger partial charge in [-0.25, -0.2) is 18.4 Å². The second-order valence-corrected chi connectivity index (χ2v) is 10.5. The van der Waals surface area contributed by atoms with Crippen molar-refractivity contribution in [2.75, 3.05) is 26.2 Å². The summed E-state index contributed by atoms with van der Waals surface area (Å²) in [6.07, 6.45) is 7.76. The minimum atomic E-state index is -1.82. The van der Waals surface area contributed by atoms with Crippen LogP contribution in [0.5, 0.6) is 0 Å². The molecule has 1 heterocycles. The summed E-state index contributed by atoms with van der Waals surface area (Å²) in [6, 6.07) is 21.5. The number of aryl methyl sites for hydroxylation is 1. The number of benzene rings is 3. The third kappa shape index (κ3) is 9.06.